The molecule has 0 aliphatic carbocycles. The molecule has 2 heterocycles. The van der Waals surface area contributed by atoms with Crippen LogP contribution in [0.2, 0.25) is 5.02 Å². The Morgan fingerprint density at radius 3 is 2.63 bits per heavy atom. The van der Waals surface area contributed by atoms with Gasteiger partial charge in [0.05, 0.1) is 15.0 Å². The van der Waals surface area contributed by atoms with Crippen molar-refractivity contribution in [2.24, 2.45) is 0 Å². The van der Waals surface area contributed by atoms with Crippen molar-refractivity contribution in [3.63, 3.8) is 0 Å². The molecule has 0 unspecified atom stereocenters. The van der Waals surface area contributed by atoms with Gasteiger partial charge in [-0.05, 0) is 33.6 Å². The van der Waals surface area contributed by atoms with Crippen molar-refractivity contribution < 1.29 is 0 Å². The van der Waals surface area contributed by atoms with Gasteiger partial charge < -0.3 is 0 Å². The first-order valence-electron chi connectivity index (χ1n) is 5.87. The maximum absolute atomic E-state index is 6.25. The third-order valence-electron chi connectivity index (χ3n) is 2.89. The van der Waals surface area contributed by atoms with Crippen LogP contribution in [-0.4, -0.2) is 9.97 Å². The fourth-order valence-electron chi connectivity index (χ4n) is 1.96. The summed E-state index contributed by atoms with van der Waals surface area (Å²) >= 11 is 9.62. The minimum absolute atomic E-state index is 0.611. The van der Waals surface area contributed by atoms with E-state index in [1.165, 1.54) is 5.56 Å². The summed E-state index contributed by atoms with van der Waals surface area (Å²) in [6.45, 7) is 0. The predicted octanol–water partition coefficient (Wildman–Crippen LogP) is 4.64. The Balaban J connectivity index is 2.04. The van der Waals surface area contributed by atoms with Gasteiger partial charge in [0.15, 0.2) is 0 Å². The fourth-order valence-corrected chi connectivity index (χ4v) is 2.44. The molecular formula is C15H10BrClN2. The summed E-state index contributed by atoms with van der Waals surface area (Å²) < 4.78 is 0.769. The molecule has 0 spiro atoms. The molecule has 0 aliphatic rings. The molecule has 3 rings (SSSR count). The minimum atomic E-state index is 0.611. The average Bonchev–Trinajstić information content (AvgIpc) is 2.45. The van der Waals surface area contributed by atoms with Gasteiger partial charge in [0.2, 0.25) is 0 Å². The standard InChI is InChI=1S/C15H10BrClN2/c16-12-9-18-13-7-6-11(19-15(13)14(12)17)8-10-4-2-1-3-5-10/h1-7,9H,8H2. The van der Waals surface area contributed by atoms with Crippen LogP contribution in [0.1, 0.15) is 11.3 Å². The van der Waals surface area contributed by atoms with Crippen LogP contribution >= 0.6 is 27.5 Å². The van der Waals surface area contributed by atoms with E-state index in [2.05, 4.69) is 38.0 Å². The van der Waals surface area contributed by atoms with E-state index >= 15 is 0 Å². The second kappa shape index (κ2) is 5.27. The number of hydrogen-bond donors (Lipinski definition) is 0. The van der Waals surface area contributed by atoms with Crippen LogP contribution in [0.15, 0.2) is 53.1 Å². The van der Waals surface area contributed by atoms with Crippen molar-refractivity contribution in [3.8, 4) is 0 Å². The molecule has 0 saturated heterocycles. The average molecular weight is 334 g/mol. The topological polar surface area (TPSA) is 25.8 Å². The van der Waals surface area contributed by atoms with E-state index in [1.54, 1.807) is 6.20 Å². The maximum Gasteiger partial charge on any atom is 0.109 e. The van der Waals surface area contributed by atoms with Gasteiger partial charge >= 0.3 is 0 Å². The zero-order chi connectivity index (χ0) is 13.2. The number of pyridine rings is 2. The Hall–Kier alpha value is -1.45. The quantitative estimate of drug-likeness (QED) is 0.683. The number of benzene rings is 1. The second-order valence-corrected chi connectivity index (χ2v) is 5.49. The highest BCUT2D eigenvalue weighted by molar-refractivity contribution is 9.10. The summed E-state index contributed by atoms with van der Waals surface area (Å²) in [5.41, 5.74) is 3.77. The van der Waals surface area contributed by atoms with Crippen molar-refractivity contribution in [2.45, 2.75) is 6.42 Å². The fraction of sp³-hybridized carbons (Fsp3) is 0.0667. The molecular weight excluding hydrogens is 324 g/mol. The van der Waals surface area contributed by atoms with Crippen LogP contribution in [0, 0.1) is 0 Å². The molecule has 94 valence electrons. The third kappa shape index (κ3) is 2.62. The lowest BCUT2D eigenvalue weighted by molar-refractivity contribution is 1.09. The van der Waals surface area contributed by atoms with Gasteiger partial charge in [0.1, 0.15) is 5.52 Å². The Morgan fingerprint density at radius 2 is 1.84 bits per heavy atom. The molecule has 0 radical (unpaired) electrons. The van der Waals surface area contributed by atoms with Crippen LogP contribution in [0.4, 0.5) is 0 Å². The minimum Gasteiger partial charge on any atom is -0.253 e. The Labute approximate surface area is 124 Å². The summed E-state index contributed by atoms with van der Waals surface area (Å²) in [5, 5.41) is 0.611. The van der Waals surface area contributed by atoms with Crippen molar-refractivity contribution in [1.82, 2.24) is 9.97 Å². The van der Waals surface area contributed by atoms with Crippen molar-refractivity contribution in [3.05, 3.63) is 69.4 Å². The number of halogens is 2. The maximum atomic E-state index is 6.25. The highest BCUT2D eigenvalue weighted by Gasteiger charge is 2.07. The molecule has 19 heavy (non-hydrogen) atoms. The van der Waals surface area contributed by atoms with E-state index in [9.17, 15) is 0 Å². The summed E-state index contributed by atoms with van der Waals surface area (Å²) in [6, 6.07) is 14.2. The first kappa shape index (κ1) is 12.6. The molecule has 4 heteroatoms. The predicted molar refractivity (Wildman–Crippen MR) is 81.5 cm³/mol. The zero-order valence-corrected chi connectivity index (χ0v) is 12.3. The molecule has 2 aromatic heterocycles. The van der Waals surface area contributed by atoms with Crippen molar-refractivity contribution in [2.75, 3.05) is 0 Å². The molecule has 0 amide bonds. The van der Waals surface area contributed by atoms with Crippen molar-refractivity contribution in [1.29, 1.82) is 0 Å². The largest absolute Gasteiger partial charge is 0.253 e. The number of nitrogens with zero attached hydrogens (tertiary/aromatic N) is 2. The summed E-state index contributed by atoms with van der Waals surface area (Å²) in [7, 11) is 0. The summed E-state index contributed by atoms with van der Waals surface area (Å²) in [4.78, 5) is 8.90. The molecule has 0 saturated carbocycles. The van der Waals surface area contributed by atoms with Crippen LogP contribution in [0.25, 0.3) is 11.0 Å². The van der Waals surface area contributed by atoms with Gasteiger partial charge in [-0.2, -0.15) is 0 Å². The molecule has 3 aromatic rings. The summed E-state index contributed by atoms with van der Waals surface area (Å²) in [5.74, 6) is 0. The van der Waals surface area contributed by atoms with Gasteiger partial charge in [-0.1, -0.05) is 41.9 Å². The highest BCUT2D eigenvalue weighted by atomic mass is 79.9. The van der Waals surface area contributed by atoms with Gasteiger partial charge in [-0.15, -0.1) is 0 Å². The normalized spacial score (nSPS) is 10.8. The number of aromatic nitrogens is 2. The lowest BCUT2D eigenvalue weighted by Gasteiger charge is -2.05. The molecule has 0 bridgehead atoms. The SMILES string of the molecule is Clc1c(Br)cnc2ccc(Cc3ccccc3)nc12. The van der Waals surface area contributed by atoms with Gasteiger partial charge in [-0.3, -0.25) is 4.98 Å². The highest BCUT2D eigenvalue weighted by Crippen LogP contribution is 2.28. The van der Waals surface area contributed by atoms with E-state index in [0.717, 1.165) is 27.6 Å². The molecule has 0 fully saturated rings. The number of hydrogen-bond acceptors (Lipinski definition) is 2. The van der Waals surface area contributed by atoms with Gasteiger partial charge in [0.25, 0.3) is 0 Å². The van der Waals surface area contributed by atoms with Crippen molar-refractivity contribution >= 4 is 38.6 Å². The third-order valence-corrected chi connectivity index (χ3v) is 4.11. The number of rotatable bonds is 2. The molecule has 0 N–H and O–H groups in total. The van der Waals surface area contributed by atoms with Crippen LogP contribution < -0.4 is 0 Å². The smallest absolute Gasteiger partial charge is 0.109 e. The first-order valence-corrected chi connectivity index (χ1v) is 7.05. The van der Waals surface area contributed by atoms with E-state index in [-0.39, 0.29) is 0 Å². The van der Waals surface area contributed by atoms with E-state index in [0.29, 0.717) is 5.02 Å². The van der Waals surface area contributed by atoms with Crippen LogP contribution in [0.3, 0.4) is 0 Å². The molecule has 0 atom stereocenters. The summed E-state index contributed by atoms with van der Waals surface area (Å²) in [6.07, 6.45) is 2.49. The van der Waals surface area contributed by atoms with Crippen LogP contribution in [0.5, 0.6) is 0 Å². The van der Waals surface area contributed by atoms with E-state index < -0.39 is 0 Å². The second-order valence-electron chi connectivity index (χ2n) is 4.25. The van der Waals surface area contributed by atoms with Gasteiger partial charge in [-0.25, -0.2) is 4.98 Å². The molecule has 1 aromatic carbocycles. The lowest BCUT2D eigenvalue weighted by atomic mass is 10.1. The number of fused-ring (bicyclic) bond motifs is 1. The van der Waals surface area contributed by atoms with Crippen LogP contribution in [-0.2, 0) is 6.42 Å². The Bertz CT molecular complexity index is 729. The monoisotopic (exact) mass is 332 g/mol. The Morgan fingerprint density at radius 1 is 1.05 bits per heavy atom. The Kier molecular flexibility index (Phi) is 3.49. The zero-order valence-electron chi connectivity index (χ0n) is 9.98. The first-order chi connectivity index (χ1) is 9.24. The van der Waals surface area contributed by atoms with E-state index in [1.807, 2.05) is 30.3 Å². The lowest BCUT2D eigenvalue weighted by Crippen LogP contribution is -1.94. The van der Waals surface area contributed by atoms with Gasteiger partial charge in [0, 0.05) is 18.3 Å². The van der Waals surface area contributed by atoms with E-state index in [4.69, 9.17) is 11.6 Å². The molecule has 2 nitrogen and oxygen atoms in total. The molecule has 0 aliphatic heterocycles.